The van der Waals surface area contributed by atoms with Crippen LogP contribution in [-0.2, 0) is 15.0 Å². The van der Waals surface area contributed by atoms with Crippen molar-refractivity contribution >= 4 is 50.1 Å². The summed E-state index contributed by atoms with van der Waals surface area (Å²) in [5.41, 5.74) is 1.67. The lowest BCUT2D eigenvalue weighted by Crippen LogP contribution is -2.29. The van der Waals surface area contributed by atoms with E-state index in [0.717, 1.165) is 16.9 Å². The van der Waals surface area contributed by atoms with Crippen LogP contribution in [0.15, 0.2) is 66.4 Å². The van der Waals surface area contributed by atoms with Crippen LogP contribution >= 0.6 is 11.3 Å². The van der Waals surface area contributed by atoms with Gasteiger partial charge in [0.15, 0.2) is 5.13 Å². The second-order valence-electron chi connectivity index (χ2n) is 10.1. The number of aliphatic hydroxyl groups is 1. The molecule has 0 saturated carbocycles. The number of carbonyl (C=O) groups is 3. The van der Waals surface area contributed by atoms with Crippen molar-refractivity contribution in [3.8, 4) is 5.75 Å². The number of ketones is 1. The maximum atomic E-state index is 13.5. The number of amides is 1. The first-order valence-corrected chi connectivity index (χ1v) is 12.9. The SMILES string of the molecule is COc1ccc(C(C)(C)C)cc1/C(O)=C1\C(=O)C(=O)N(c2nc3ccc(C(=O)O)cc3s2)C1c1ccccn1. The van der Waals surface area contributed by atoms with Crippen LogP contribution in [0.2, 0.25) is 0 Å². The van der Waals surface area contributed by atoms with E-state index in [1.165, 1.54) is 30.3 Å². The maximum absolute atomic E-state index is 13.5. The van der Waals surface area contributed by atoms with E-state index >= 15 is 0 Å². The molecule has 4 aromatic rings. The normalized spacial score (nSPS) is 17.1. The molecule has 1 saturated heterocycles. The number of fused-ring (bicyclic) bond motifs is 1. The number of aromatic nitrogens is 2. The molecule has 1 atom stereocenters. The summed E-state index contributed by atoms with van der Waals surface area (Å²) in [5.74, 6) is -2.91. The Morgan fingerprint density at radius 3 is 2.46 bits per heavy atom. The Hall–Kier alpha value is -4.57. The summed E-state index contributed by atoms with van der Waals surface area (Å²) in [6, 6.07) is 13.8. The molecule has 39 heavy (non-hydrogen) atoms. The first-order valence-electron chi connectivity index (χ1n) is 12.1. The number of thiazole rings is 1. The average Bonchev–Trinajstić information content (AvgIpc) is 3.45. The molecule has 0 radical (unpaired) electrons. The van der Waals surface area contributed by atoms with Gasteiger partial charge in [0.2, 0.25) is 0 Å². The number of carboxylic acids is 1. The van der Waals surface area contributed by atoms with Gasteiger partial charge in [0.1, 0.15) is 17.6 Å². The number of hydrogen-bond donors (Lipinski definition) is 2. The minimum atomic E-state index is -1.09. The molecule has 1 aliphatic rings. The van der Waals surface area contributed by atoms with Crippen LogP contribution in [0.4, 0.5) is 5.13 Å². The first kappa shape index (κ1) is 26.1. The Morgan fingerprint density at radius 2 is 1.82 bits per heavy atom. The van der Waals surface area contributed by atoms with Crippen LogP contribution in [0.5, 0.6) is 5.75 Å². The van der Waals surface area contributed by atoms with E-state index in [9.17, 15) is 24.6 Å². The van der Waals surface area contributed by atoms with Crippen LogP contribution in [0, 0.1) is 0 Å². The molecule has 10 heteroatoms. The number of Topliss-reactive ketones (excluding diaryl/α,β-unsaturated/α-hetero) is 1. The molecule has 2 aromatic heterocycles. The predicted molar refractivity (Wildman–Crippen MR) is 147 cm³/mol. The van der Waals surface area contributed by atoms with Crippen LogP contribution in [0.3, 0.4) is 0 Å². The number of carboxylic acid groups (broad SMARTS) is 1. The maximum Gasteiger partial charge on any atom is 0.335 e. The third-order valence-corrected chi connectivity index (χ3v) is 7.58. The Bertz CT molecular complexity index is 1670. The zero-order chi connectivity index (χ0) is 28.1. The minimum Gasteiger partial charge on any atom is -0.507 e. The fraction of sp³-hybridized carbons (Fsp3) is 0.207. The van der Waals surface area contributed by atoms with Gasteiger partial charge in [0.25, 0.3) is 5.78 Å². The number of aromatic carboxylic acids is 1. The minimum absolute atomic E-state index is 0.0758. The summed E-state index contributed by atoms with van der Waals surface area (Å²) in [6.45, 7) is 6.07. The number of carbonyl (C=O) groups excluding carboxylic acids is 2. The van der Waals surface area contributed by atoms with Gasteiger partial charge in [-0.1, -0.05) is 44.2 Å². The van der Waals surface area contributed by atoms with E-state index in [0.29, 0.717) is 21.7 Å². The molecule has 1 unspecified atom stereocenters. The van der Waals surface area contributed by atoms with Gasteiger partial charge >= 0.3 is 11.9 Å². The highest BCUT2D eigenvalue weighted by atomic mass is 32.1. The molecule has 1 fully saturated rings. The van der Waals surface area contributed by atoms with E-state index in [4.69, 9.17) is 4.74 Å². The molecule has 198 valence electrons. The van der Waals surface area contributed by atoms with E-state index in [2.05, 4.69) is 9.97 Å². The average molecular weight is 544 g/mol. The quantitative estimate of drug-likeness (QED) is 0.196. The van der Waals surface area contributed by atoms with E-state index in [-0.39, 0.29) is 33.0 Å². The number of nitrogens with zero attached hydrogens (tertiary/aromatic N) is 3. The fourth-order valence-corrected chi connectivity index (χ4v) is 5.53. The Labute approximate surface area is 228 Å². The predicted octanol–water partition coefficient (Wildman–Crippen LogP) is 5.32. The van der Waals surface area contributed by atoms with E-state index < -0.39 is 23.7 Å². The molecule has 1 aliphatic heterocycles. The Kier molecular flexibility index (Phi) is 6.43. The Morgan fingerprint density at radius 1 is 1.05 bits per heavy atom. The number of ether oxygens (including phenoxy) is 1. The molecule has 0 spiro atoms. The highest BCUT2D eigenvalue weighted by molar-refractivity contribution is 7.22. The summed E-state index contributed by atoms with van der Waals surface area (Å²) in [4.78, 5) is 48.6. The van der Waals surface area contributed by atoms with Crippen LogP contribution in [-0.4, -0.2) is 45.0 Å². The van der Waals surface area contributed by atoms with Crippen molar-refractivity contribution in [2.45, 2.75) is 32.2 Å². The summed E-state index contributed by atoms with van der Waals surface area (Å²) >= 11 is 1.08. The van der Waals surface area contributed by atoms with Crippen molar-refractivity contribution in [3.05, 3.63) is 88.8 Å². The molecule has 9 nitrogen and oxygen atoms in total. The van der Waals surface area contributed by atoms with Gasteiger partial charge in [-0.25, -0.2) is 9.78 Å². The van der Waals surface area contributed by atoms with Crippen LogP contribution < -0.4 is 9.64 Å². The molecule has 2 N–H and O–H groups in total. The first-order chi connectivity index (χ1) is 18.5. The molecule has 3 heterocycles. The highest BCUT2D eigenvalue weighted by Crippen LogP contribution is 2.45. The topological polar surface area (TPSA) is 130 Å². The van der Waals surface area contributed by atoms with Gasteiger partial charge in [-0.15, -0.1) is 0 Å². The smallest absolute Gasteiger partial charge is 0.335 e. The Balaban J connectivity index is 1.74. The molecule has 1 amide bonds. The van der Waals surface area contributed by atoms with Gasteiger partial charge in [-0.2, -0.15) is 0 Å². The zero-order valence-corrected chi connectivity index (χ0v) is 22.4. The second-order valence-corrected chi connectivity index (χ2v) is 11.1. The fourth-order valence-electron chi connectivity index (χ4n) is 4.50. The second kappa shape index (κ2) is 9.63. The summed E-state index contributed by atoms with van der Waals surface area (Å²) in [6.07, 6.45) is 1.54. The highest BCUT2D eigenvalue weighted by Gasteiger charge is 2.49. The largest absolute Gasteiger partial charge is 0.507 e. The van der Waals surface area contributed by atoms with Crippen LogP contribution in [0.25, 0.3) is 16.0 Å². The van der Waals surface area contributed by atoms with Crippen molar-refractivity contribution in [1.29, 1.82) is 0 Å². The molecule has 0 bridgehead atoms. The molecule has 5 rings (SSSR count). The standard InChI is InChI=1S/C29H25N3O6S/c1-29(2,3)16-9-11-20(38-4)17(14-16)24(33)22-23(19-7-5-6-12-30-19)32(26(35)25(22)34)28-31-18-10-8-15(27(36)37)13-21(18)39-28/h5-14,23,33H,1-4H3,(H,36,37)/b24-22+. The van der Waals surface area contributed by atoms with Crippen molar-refractivity contribution < 1.29 is 29.3 Å². The monoisotopic (exact) mass is 543 g/mol. The van der Waals surface area contributed by atoms with Gasteiger partial charge in [-0.05, 0) is 53.4 Å². The van der Waals surface area contributed by atoms with Crippen molar-refractivity contribution in [3.63, 3.8) is 0 Å². The van der Waals surface area contributed by atoms with Crippen molar-refractivity contribution in [2.75, 3.05) is 12.0 Å². The zero-order valence-electron chi connectivity index (χ0n) is 21.6. The molecular weight excluding hydrogens is 518 g/mol. The number of anilines is 1. The molecule has 0 aliphatic carbocycles. The van der Waals surface area contributed by atoms with Crippen LogP contribution in [0.1, 0.15) is 54.0 Å². The lowest BCUT2D eigenvalue weighted by atomic mass is 9.85. The van der Waals surface area contributed by atoms with Gasteiger partial charge < -0.3 is 14.9 Å². The third kappa shape index (κ3) is 4.52. The lowest BCUT2D eigenvalue weighted by Gasteiger charge is -2.23. The summed E-state index contributed by atoms with van der Waals surface area (Å²) < 4.78 is 6.03. The van der Waals surface area contributed by atoms with Gasteiger partial charge in [0, 0.05) is 6.20 Å². The van der Waals surface area contributed by atoms with Crippen molar-refractivity contribution in [1.82, 2.24) is 9.97 Å². The summed E-state index contributed by atoms with van der Waals surface area (Å²) in [7, 11) is 1.46. The number of aliphatic hydroxyl groups excluding tert-OH is 1. The number of rotatable bonds is 5. The molecular formula is C29H25N3O6S. The summed E-state index contributed by atoms with van der Waals surface area (Å²) in [5, 5.41) is 21.2. The van der Waals surface area contributed by atoms with E-state index in [1.807, 2.05) is 26.8 Å². The lowest BCUT2D eigenvalue weighted by molar-refractivity contribution is -0.132. The number of methoxy groups -OCH3 is 1. The van der Waals surface area contributed by atoms with Gasteiger partial charge in [-0.3, -0.25) is 19.5 Å². The van der Waals surface area contributed by atoms with Crippen molar-refractivity contribution in [2.24, 2.45) is 0 Å². The van der Waals surface area contributed by atoms with E-state index in [1.54, 1.807) is 36.4 Å². The molecule has 2 aromatic carbocycles. The number of benzene rings is 2. The number of pyridine rings is 1. The van der Waals surface area contributed by atoms with Gasteiger partial charge in [0.05, 0.1) is 39.7 Å². The third-order valence-electron chi connectivity index (χ3n) is 6.56. The number of hydrogen-bond acceptors (Lipinski definition) is 8.